The van der Waals surface area contributed by atoms with Gasteiger partial charge in [0.25, 0.3) is 6.33 Å². The summed E-state index contributed by atoms with van der Waals surface area (Å²) in [6.45, 7) is 16.0. The molecule has 0 radical (unpaired) electrons. The third kappa shape index (κ3) is 6.88. The van der Waals surface area contributed by atoms with E-state index in [1.807, 2.05) is 53.2 Å². The molecule has 0 fully saturated rings. The molecule has 5 heteroatoms. The molecule has 71 heavy (non-hydrogen) atoms. The minimum Gasteiger partial charge on any atom is -0.458 e. The number of pyridine rings is 1. The SMILES string of the molecule is [2H]c1c([2H])c([2H])c(-c2cccc3c2-[n+]2[c-]n(-c4cccc(Oc5ccc6c7ccccc7n(-c7cc(C(C)(C)C)ccn7)c6c5)c4)c4cccc(c42)-c2ccccc2-c2cc4c(cc2-3)C(C)(C)CCC4(C)C)c([2H])c1[2H]. The lowest BCUT2D eigenvalue weighted by Gasteiger charge is -2.42. The standard InChI is InChI=1S/C66H56N4O/c1-64(2,3)43-32-35-67-61(36-43)70-58-28-14-13-24-50(58)51-31-30-46(38-60(51)70)71-45-21-15-20-44(37-45)68-41-69-62-47(42-18-9-8-10-19-42)25-16-26-53(62)55-40-57-56(65(4,5)33-34-66(57,6)7)39-54(55)49-23-12-11-22-48(49)52-27-17-29-59(68)63(52)69/h8-32,35-40H,33-34H2,1-7H3/i8D,9D,10D,18D,19D. The second-order valence-corrected chi connectivity index (χ2v) is 21.7. The van der Waals surface area contributed by atoms with Crippen LogP contribution < -0.4 is 9.30 Å². The highest BCUT2D eigenvalue weighted by Crippen LogP contribution is 2.52. The zero-order valence-corrected chi connectivity index (χ0v) is 41.1. The molecular formula is C66H56N4O. The Balaban J connectivity index is 1.04. The fourth-order valence-electron chi connectivity index (χ4n) is 11.4. The number of aromatic nitrogens is 4. The van der Waals surface area contributed by atoms with Crippen LogP contribution in [0.1, 0.15) is 84.9 Å². The predicted octanol–water partition coefficient (Wildman–Crippen LogP) is 16.6. The van der Waals surface area contributed by atoms with Crippen LogP contribution in [0.25, 0.3) is 94.5 Å². The summed E-state index contributed by atoms with van der Waals surface area (Å²) >= 11 is 0. The lowest BCUT2D eigenvalue weighted by molar-refractivity contribution is -0.570. The van der Waals surface area contributed by atoms with Crippen molar-refractivity contribution in [2.24, 2.45) is 0 Å². The van der Waals surface area contributed by atoms with E-state index in [9.17, 15) is 2.74 Å². The molecule has 3 aromatic heterocycles. The van der Waals surface area contributed by atoms with Gasteiger partial charge in [-0.2, -0.15) is 0 Å². The molecule has 0 spiro atoms. The molecule has 1 aliphatic carbocycles. The first-order chi connectivity index (χ1) is 36.4. The molecule has 1 aliphatic heterocycles. The summed E-state index contributed by atoms with van der Waals surface area (Å²) in [4.78, 5) is 4.89. The van der Waals surface area contributed by atoms with Gasteiger partial charge in [0.15, 0.2) is 0 Å². The van der Waals surface area contributed by atoms with Gasteiger partial charge in [-0.1, -0.05) is 170 Å². The minimum absolute atomic E-state index is 0.0604. The van der Waals surface area contributed by atoms with Gasteiger partial charge in [0.05, 0.1) is 40.3 Å². The first-order valence-corrected chi connectivity index (χ1v) is 24.7. The summed E-state index contributed by atoms with van der Waals surface area (Å²) in [5, 5.41) is 2.23. The Morgan fingerprint density at radius 1 is 0.577 bits per heavy atom. The van der Waals surface area contributed by atoms with Crippen molar-refractivity contribution in [3.8, 4) is 73.2 Å². The maximum atomic E-state index is 9.39. The molecule has 0 bridgehead atoms. The molecular weight excluding hydrogens is 865 g/mol. The quantitative estimate of drug-likeness (QED) is 0.127. The fraction of sp³-hybridized carbons (Fsp3) is 0.182. The molecule has 0 atom stereocenters. The van der Waals surface area contributed by atoms with Crippen LogP contribution in [0.15, 0.2) is 188 Å². The van der Waals surface area contributed by atoms with Crippen molar-refractivity contribution in [3.05, 3.63) is 211 Å². The van der Waals surface area contributed by atoms with Gasteiger partial charge in [-0.25, -0.2) is 4.98 Å². The fourth-order valence-corrected chi connectivity index (χ4v) is 11.4. The molecule has 5 nitrogen and oxygen atoms in total. The van der Waals surface area contributed by atoms with Crippen molar-refractivity contribution in [2.75, 3.05) is 0 Å². The molecule has 11 aromatic rings. The summed E-state index contributed by atoms with van der Waals surface area (Å²) in [6, 6.07) is 50.9. The largest absolute Gasteiger partial charge is 0.458 e. The minimum atomic E-state index is -0.433. The topological polar surface area (TPSA) is 35.9 Å². The van der Waals surface area contributed by atoms with E-state index in [0.717, 1.165) is 90.6 Å². The van der Waals surface area contributed by atoms with E-state index < -0.39 is 6.04 Å². The average Bonchev–Trinajstić information content (AvgIpc) is 4.14. The summed E-state index contributed by atoms with van der Waals surface area (Å²) in [5.41, 5.74) is 15.4. The Morgan fingerprint density at radius 2 is 1.20 bits per heavy atom. The van der Waals surface area contributed by atoms with Crippen molar-refractivity contribution in [2.45, 2.75) is 77.6 Å². The maximum absolute atomic E-state index is 9.39. The van der Waals surface area contributed by atoms with Crippen molar-refractivity contribution in [1.82, 2.24) is 14.1 Å². The number of imidazole rings is 1. The Bertz CT molecular complexity index is 4240. The van der Waals surface area contributed by atoms with E-state index in [0.29, 0.717) is 22.7 Å². The van der Waals surface area contributed by atoms with E-state index in [4.69, 9.17) is 13.8 Å². The number of fused-ring (bicyclic) bond motifs is 11. The number of benzene rings is 8. The van der Waals surface area contributed by atoms with Crippen LogP contribution in [0.5, 0.6) is 11.5 Å². The third-order valence-corrected chi connectivity index (χ3v) is 15.3. The molecule has 0 amide bonds. The van der Waals surface area contributed by atoms with E-state index >= 15 is 0 Å². The Morgan fingerprint density at radius 3 is 1.97 bits per heavy atom. The van der Waals surface area contributed by atoms with Crippen LogP contribution in [-0.2, 0) is 16.2 Å². The molecule has 0 saturated heterocycles. The Hall–Kier alpha value is -8.02. The summed E-state index contributed by atoms with van der Waals surface area (Å²) in [5.74, 6) is 2.14. The normalized spacial score (nSPS) is 15.5. The molecule has 2 aliphatic rings. The van der Waals surface area contributed by atoms with E-state index in [-0.39, 0.29) is 46.0 Å². The lowest BCUT2D eigenvalue weighted by atomic mass is 9.62. The van der Waals surface area contributed by atoms with Gasteiger partial charge in [0, 0.05) is 23.0 Å². The first kappa shape index (κ1) is 37.8. The highest BCUT2D eigenvalue weighted by atomic mass is 16.5. The van der Waals surface area contributed by atoms with Crippen LogP contribution in [0.2, 0.25) is 0 Å². The number of hydrogen-bond acceptors (Lipinski definition) is 2. The molecule has 346 valence electrons. The van der Waals surface area contributed by atoms with Crippen LogP contribution in [0.3, 0.4) is 0 Å². The predicted molar refractivity (Wildman–Crippen MR) is 292 cm³/mol. The molecule has 13 rings (SSSR count). The number of hydrogen-bond donors (Lipinski definition) is 0. The van der Waals surface area contributed by atoms with Crippen molar-refractivity contribution in [3.63, 3.8) is 0 Å². The number of ether oxygens (including phenoxy) is 1. The van der Waals surface area contributed by atoms with Crippen molar-refractivity contribution < 1.29 is 16.2 Å². The molecule has 0 N–H and O–H groups in total. The van der Waals surface area contributed by atoms with E-state index in [2.05, 4.69) is 173 Å². The zero-order valence-electron chi connectivity index (χ0n) is 46.1. The molecule has 0 unspecified atom stereocenters. The monoisotopic (exact) mass is 925 g/mol. The maximum Gasteiger partial charge on any atom is 0.269 e. The number of para-hydroxylation sites is 3. The van der Waals surface area contributed by atoms with Gasteiger partial charge < -0.3 is 4.74 Å². The zero-order chi connectivity index (χ0) is 52.7. The van der Waals surface area contributed by atoms with Crippen LogP contribution in [0.4, 0.5) is 0 Å². The van der Waals surface area contributed by atoms with E-state index in [1.165, 1.54) is 16.7 Å². The Kier molecular flexibility index (Phi) is 8.39. The second-order valence-electron chi connectivity index (χ2n) is 21.7. The first-order valence-electron chi connectivity index (χ1n) is 27.2. The number of nitrogens with zero attached hydrogens (tertiary/aromatic N) is 4. The van der Waals surface area contributed by atoms with Gasteiger partial charge in [0.1, 0.15) is 17.3 Å². The summed E-state index contributed by atoms with van der Waals surface area (Å²) in [6.07, 6.45) is 7.80. The highest BCUT2D eigenvalue weighted by molar-refractivity contribution is 6.09. The Labute approximate surface area is 423 Å². The molecule has 8 aromatic carbocycles. The molecule has 4 heterocycles. The smallest absolute Gasteiger partial charge is 0.269 e. The van der Waals surface area contributed by atoms with Crippen LogP contribution >= 0.6 is 0 Å². The van der Waals surface area contributed by atoms with Gasteiger partial charge in [-0.05, 0) is 145 Å². The third-order valence-electron chi connectivity index (χ3n) is 15.3. The van der Waals surface area contributed by atoms with E-state index in [1.54, 1.807) is 0 Å². The van der Waals surface area contributed by atoms with Gasteiger partial charge in [-0.15, -0.1) is 0 Å². The number of rotatable bonds is 5. The van der Waals surface area contributed by atoms with Crippen LogP contribution in [0, 0.1) is 6.33 Å². The second kappa shape index (κ2) is 15.7. The summed E-state index contributed by atoms with van der Waals surface area (Å²) in [7, 11) is 0. The van der Waals surface area contributed by atoms with Crippen molar-refractivity contribution in [1.29, 1.82) is 0 Å². The highest BCUT2D eigenvalue weighted by Gasteiger charge is 2.39. The average molecular weight is 926 g/mol. The van der Waals surface area contributed by atoms with Crippen molar-refractivity contribution >= 4 is 32.8 Å². The van der Waals surface area contributed by atoms with Gasteiger partial charge in [0.2, 0.25) is 0 Å². The summed E-state index contributed by atoms with van der Waals surface area (Å²) < 4.78 is 58.3. The van der Waals surface area contributed by atoms with Gasteiger partial charge in [-0.3, -0.25) is 13.7 Å². The van der Waals surface area contributed by atoms with Crippen LogP contribution in [-0.4, -0.2) is 14.1 Å². The van der Waals surface area contributed by atoms with Gasteiger partial charge >= 0.3 is 0 Å². The lowest BCUT2D eigenvalue weighted by Crippen LogP contribution is -2.34. The molecule has 0 saturated carbocycles.